The van der Waals surface area contributed by atoms with Crippen molar-refractivity contribution in [1.29, 1.82) is 0 Å². The van der Waals surface area contributed by atoms with Gasteiger partial charge in [0.1, 0.15) is 0 Å². The van der Waals surface area contributed by atoms with Gasteiger partial charge in [-0.2, -0.15) is 0 Å². The fourth-order valence-electron chi connectivity index (χ4n) is 1.94. The summed E-state index contributed by atoms with van der Waals surface area (Å²) in [4.78, 5) is 2.52. The minimum absolute atomic E-state index is 0.161. The smallest absolute Gasteiger partial charge is 0.179 e. The lowest BCUT2D eigenvalue weighted by Crippen LogP contribution is -2.45. The van der Waals surface area contributed by atoms with E-state index < -0.39 is 9.84 Å². The number of halogens is 1. The van der Waals surface area contributed by atoms with Crippen molar-refractivity contribution < 1.29 is 8.42 Å². The van der Waals surface area contributed by atoms with E-state index >= 15 is 0 Å². The van der Waals surface area contributed by atoms with Gasteiger partial charge in [0.15, 0.2) is 9.84 Å². The summed E-state index contributed by atoms with van der Waals surface area (Å²) in [7, 11) is -3.20. The molecule has 1 saturated heterocycles. The maximum Gasteiger partial charge on any atom is 0.179 e. The molecular weight excluding hydrogens is 272 g/mol. The van der Waals surface area contributed by atoms with Gasteiger partial charge in [-0.25, -0.2) is 8.42 Å². The molecule has 6 heteroatoms. The first-order chi connectivity index (χ1) is 8.58. The lowest BCUT2D eigenvalue weighted by molar-refractivity contribution is 0.254. The van der Waals surface area contributed by atoms with Gasteiger partial charge in [-0.05, 0) is 24.3 Å². The minimum Gasteiger partial charge on any atom is -0.314 e. The molecule has 0 radical (unpaired) electrons. The number of nitrogens with one attached hydrogen (secondary N) is 1. The van der Waals surface area contributed by atoms with Gasteiger partial charge in [0.05, 0.1) is 10.6 Å². The van der Waals surface area contributed by atoms with Crippen molar-refractivity contribution >= 4 is 21.4 Å². The maximum absolute atomic E-state index is 12.1. The Bertz CT molecular complexity index is 481. The number of hydrogen-bond acceptors (Lipinski definition) is 4. The van der Waals surface area contributed by atoms with Crippen molar-refractivity contribution in [2.45, 2.75) is 4.90 Å². The van der Waals surface area contributed by atoms with Gasteiger partial charge >= 0.3 is 0 Å². The molecule has 0 spiro atoms. The zero-order chi connectivity index (χ0) is 13.0. The van der Waals surface area contributed by atoms with E-state index in [-0.39, 0.29) is 5.75 Å². The van der Waals surface area contributed by atoms with E-state index in [1.54, 1.807) is 24.3 Å². The minimum atomic E-state index is -3.20. The summed E-state index contributed by atoms with van der Waals surface area (Å²) in [5.74, 6) is 0.161. The van der Waals surface area contributed by atoms with Crippen LogP contribution in [0.5, 0.6) is 0 Å². The fourth-order valence-corrected chi connectivity index (χ4v) is 3.35. The summed E-state index contributed by atoms with van der Waals surface area (Å²) >= 11 is 5.75. The van der Waals surface area contributed by atoms with E-state index in [0.717, 1.165) is 26.2 Å². The summed E-state index contributed by atoms with van der Waals surface area (Å²) < 4.78 is 24.2. The van der Waals surface area contributed by atoms with Gasteiger partial charge in [-0.1, -0.05) is 11.6 Å². The predicted molar refractivity (Wildman–Crippen MR) is 72.8 cm³/mol. The molecule has 18 heavy (non-hydrogen) atoms. The van der Waals surface area contributed by atoms with Gasteiger partial charge in [-0.15, -0.1) is 0 Å². The zero-order valence-electron chi connectivity index (χ0n) is 10.1. The predicted octanol–water partition coefficient (Wildman–Crippen LogP) is 1.02. The highest BCUT2D eigenvalue weighted by molar-refractivity contribution is 7.91. The molecule has 1 aliphatic heterocycles. The third-order valence-corrected chi connectivity index (χ3v) is 5.02. The number of hydrogen-bond donors (Lipinski definition) is 1. The van der Waals surface area contributed by atoms with Crippen molar-refractivity contribution in [3.63, 3.8) is 0 Å². The lowest BCUT2D eigenvalue weighted by atomic mass is 10.4. The Balaban J connectivity index is 1.96. The summed E-state index contributed by atoms with van der Waals surface area (Å²) in [6.07, 6.45) is 0. The number of sulfone groups is 1. The van der Waals surface area contributed by atoms with Crippen molar-refractivity contribution in [2.24, 2.45) is 0 Å². The highest BCUT2D eigenvalue weighted by atomic mass is 35.5. The monoisotopic (exact) mass is 288 g/mol. The topological polar surface area (TPSA) is 49.4 Å². The molecule has 1 fully saturated rings. The standard InChI is InChI=1S/C12H17ClN2O2S/c13-11-1-3-12(4-2-11)18(16,17)10-9-15-7-5-14-6-8-15/h1-4,14H,5-10H2. The molecule has 1 aliphatic rings. The Morgan fingerprint density at radius 1 is 1.17 bits per heavy atom. The Labute approximate surface area is 113 Å². The Morgan fingerprint density at radius 3 is 2.39 bits per heavy atom. The van der Waals surface area contributed by atoms with Crippen molar-refractivity contribution in [1.82, 2.24) is 10.2 Å². The van der Waals surface area contributed by atoms with Crippen LogP contribution in [-0.2, 0) is 9.84 Å². The van der Waals surface area contributed by atoms with Crippen LogP contribution in [0.1, 0.15) is 0 Å². The average Bonchev–Trinajstić information content (AvgIpc) is 2.38. The third-order valence-electron chi connectivity index (χ3n) is 3.06. The van der Waals surface area contributed by atoms with Crippen LogP contribution in [0.4, 0.5) is 0 Å². The second kappa shape index (κ2) is 6.02. The number of nitrogens with zero attached hydrogens (tertiary/aromatic N) is 1. The molecule has 0 aromatic heterocycles. The lowest BCUT2D eigenvalue weighted by Gasteiger charge is -2.26. The van der Waals surface area contributed by atoms with Crippen LogP contribution in [0, 0.1) is 0 Å². The van der Waals surface area contributed by atoms with E-state index in [9.17, 15) is 8.42 Å². The molecule has 1 aromatic rings. The van der Waals surface area contributed by atoms with Crippen LogP contribution < -0.4 is 5.32 Å². The summed E-state index contributed by atoms with van der Waals surface area (Å²) in [5.41, 5.74) is 0. The third kappa shape index (κ3) is 3.68. The molecule has 0 atom stereocenters. The van der Waals surface area contributed by atoms with E-state index in [2.05, 4.69) is 10.2 Å². The van der Waals surface area contributed by atoms with Gasteiger partial charge in [0.25, 0.3) is 0 Å². The zero-order valence-corrected chi connectivity index (χ0v) is 11.7. The second-order valence-corrected chi connectivity index (χ2v) is 6.91. The molecule has 0 unspecified atom stereocenters. The van der Waals surface area contributed by atoms with Crippen LogP contribution in [0.2, 0.25) is 5.02 Å². The molecule has 0 aliphatic carbocycles. The van der Waals surface area contributed by atoms with Crippen LogP contribution >= 0.6 is 11.6 Å². The first-order valence-corrected chi connectivity index (χ1v) is 8.02. The highest BCUT2D eigenvalue weighted by Gasteiger charge is 2.17. The van der Waals surface area contributed by atoms with Crippen LogP contribution in [0.3, 0.4) is 0 Å². The molecule has 0 saturated carbocycles. The summed E-state index contributed by atoms with van der Waals surface area (Å²) in [6, 6.07) is 6.35. The van der Waals surface area contributed by atoms with E-state index in [1.165, 1.54) is 0 Å². The van der Waals surface area contributed by atoms with Gasteiger partial charge in [-0.3, -0.25) is 4.90 Å². The summed E-state index contributed by atoms with van der Waals surface area (Å²) in [5, 5.41) is 3.80. The SMILES string of the molecule is O=S(=O)(CCN1CCNCC1)c1ccc(Cl)cc1. The number of rotatable bonds is 4. The van der Waals surface area contributed by atoms with E-state index in [4.69, 9.17) is 11.6 Å². The molecule has 0 bridgehead atoms. The number of benzene rings is 1. The second-order valence-electron chi connectivity index (χ2n) is 4.36. The molecule has 0 amide bonds. The Hall–Kier alpha value is -0.620. The fraction of sp³-hybridized carbons (Fsp3) is 0.500. The van der Waals surface area contributed by atoms with Crippen LogP contribution in [0.25, 0.3) is 0 Å². The van der Waals surface area contributed by atoms with Crippen LogP contribution in [-0.4, -0.2) is 51.8 Å². The van der Waals surface area contributed by atoms with Crippen molar-refractivity contribution in [2.75, 3.05) is 38.5 Å². The van der Waals surface area contributed by atoms with Crippen molar-refractivity contribution in [3.8, 4) is 0 Å². The summed E-state index contributed by atoms with van der Waals surface area (Å²) in [6.45, 7) is 4.28. The first-order valence-electron chi connectivity index (χ1n) is 5.99. The van der Waals surface area contributed by atoms with Crippen LogP contribution in [0.15, 0.2) is 29.2 Å². The molecule has 2 rings (SSSR count). The van der Waals surface area contributed by atoms with E-state index in [0.29, 0.717) is 16.5 Å². The van der Waals surface area contributed by atoms with Gasteiger partial charge in [0.2, 0.25) is 0 Å². The van der Waals surface area contributed by atoms with Crippen molar-refractivity contribution in [3.05, 3.63) is 29.3 Å². The molecular formula is C12H17ClN2O2S. The quantitative estimate of drug-likeness (QED) is 0.899. The molecule has 100 valence electrons. The molecule has 1 N–H and O–H groups in total. The maximum atomic E-state index is 12.1. The normalized spacial score (nSPS) is 17.8. The largest absolute Gasteiger partial charge is 0.314 e. The first kappa shape index (κ1) is 13.8. The van der Waals surface area contributed by atoms with E-state index in [1.807, 2.05) is 0 Å². The Morgan fingerprint density at radius 2 is 1.78 bits per heavy atom. The average molecular weight is 289 g/mol. The van der Waals surface area contributed by atoms with Gasteiger partial charge in [0, 0.05) is 37.7 Å². The number of piperazine rings is 1. The highest BCUT2D eigenvalue weighted by Crippen LogP contribution is 2.15. The Kier molecular flexibility index (Phi) is 4.61. The molecule has 4 nitrogen and oxygen atoms in total. The molecule has 1 aromatic carbocycles. The van der Waals surface area contributed by atoms with Gasteiger partial charge < -0.3 is 5.32 Å². The molecule has 1 heterocycles.